The third-order valence-electron chi connectivity index (χ3n) is 6.57. The van der Waals surface area contributed by atoms with Gasteiger partial charge in [-0.3, -0.25) is 4.79 Å². The van der Waals surface area contributed by atoms with E-state index < -0.39 is 5.97 Å². The molecule has 1 aromatic heterocycles. The minimum atomic E-state index is -1.02. The fourth-order valence-electron chi connectivity index (χ4n) is 4.77. The molecule has 0 radical (unpaired) electrons. The topological polar surface area (TPSA) is 87.1 Å². The molecule has 2 aliphatic rings. The van der Waals surface area contributed by atoms with Crippen LogP contribution in [0.5, 0.6) is 0 Å². The van der Waals surface area contributed by atoms with Crippen LogP contribution in [0, 0.1) is 29.6 Å². The Morgan fingerprint density at radius 1 is 1.16 bits per heavy atom. The number of aromatic carboxylic acids is 1. The van der Waals surface area contributed by atoms with Crippen molar-refractivity contribution in [2.45, 2.75) is 84.3 Å². The summed E-state index contributed by atoms with van der Waals surface area (Å²) in [4.78, 5) is 28.6. The van der Waals surface area contributed by atoms with Crippen molar-refractivity contribution in [3.63, 3.8) is 0 Å². The van der Waals surface area contributed by atoms with Gasteiger partial charge in [0, 0.05) is 17.9 Å². The maximum absolute atomic E-state index is 13.8. The average Bonchev–Trinajstić information content (AvgIpc) is 3.18. The van der Waals surface area contributed by atoms with Crippen molar-refractivity contribution >= 4 is 28.9 Å². The van der Waals surface area contributed by atoms with Crippen LogP contribution in [0.3, 0.4) is 0 Å². The van der Waals surface area contributed by atoms with E-state index in [2.05, 4.69) is 18.8 Å². The van der Waals surface area contributed by atoms with Crippen molar-refractivity contribution < 1.29 is 24.5 Å². The number of ether oxygens (including phenoxy) is 1. The first-order valence-electron chi connectivity index (χ1n) is 11.7. The van der Waals surface area contributed by atoms with Crippen molar-refractivity contribution in [1.82, 2.24) is 0 Å². The second-order valence-electron chi connectivity index (χ2n) is 9.45. The van der Waals surface area contributed by atoms with Crippen LogP contribution in [0.2, 0.25) is 0 Å². The highest BCUT2D eigenvalue weighted by Gasteiger charge is 2.37. The van der Waals surface area contributed by atoms with Crippen molar-refractivity contribution in [2.24, 2.45) is 17.8 Å². The van der Waals surface area contributed by atoms with E-state index in [1.54, 1.807) is 11.0 Å². The number of amides is 1. The Labute approximate surface area is 195 Å². The zero-order valence-electron chi connectivity index (χ0n) is 19.3. The third kappa shape index (κ3) is 6.12. The lowest BCUT2D eigenvalue weighted by atomic mass is 9.81. The van der Waals surface area contributed by atoms with Gasteiger partial charge in [0.1, 0.15) is 11.7 Å². The van der Waals surface area contributed by atoms with Gasteiger partial charge in [-0.15, -0.1) is 11.3 Å². The summed E-state index contributed by atoms with van der Waals surface area (Å²) in [6, 6.07) is 1.72. The Hall–Kier alpha value is -1.88. The number of hydrogen-bond acceptors (Lipinski definition) is 5. The third-order valence-corrected chi connectivity index (χ3v) is 7.60. The first-order valence-corrected chi connectivity index (χ1v) is 12.6. The number of hydrogen-bond donors (Lipinski definition) is 2. The highest BCUT2D eigenvalue weighted by atomic mass is 32.1. The van der Waals surface area contributed by atoms with Gasteiger partial charge < -0.3 is 19.8 Å². The van der Waals surface area contributed by atoms with E-state index in [1.165, 1.54) is 0 Å². The molecule has 2 N–H and O–H groups in total. The lowest BCUT2D eigenvalue weighted by Crippen LogP contribution is -2.47. The monoisotopic (exact) mass is 461 g/mol. The quantitative estimate of drug-likeness (QED) is 0.465. The number of carboxylic acids is 1. The molecule has 0 bridgehead atoms. The van der Waals surface area contributed by atoms with Crippen LogP contribution in [-0.4, -0.2) is 41.0 Å². The Balaban J connectivity index is 1.94. The predicted molar refractivity (Wildman–Crippen MR) is 126 cm³/mol. The van der Waals surface area contributed by atoms with Gasteiger partial charge in [0.05, 0.1) is 16.7 Å². The number of aliphatic hydroxyl groups excluding tert-OH is 1. The van der Waals surface area contributed by atoms with Crippen molar-refractivity contribution in [3.8, 4) is 11.8 Å². The number of carbonyl (C=O) groups excluding carboxylic acids is 1. The molecule has 0 saturated heterocycles. The molecule has 2 saturated carbocycles. The summed E-state index contributed by atoms with van der Waals surface area (Å²) in [7, 11) is 0. The van der Waals surface area contributed by atoms with Crippen LogP contribution in [0.4, 0.5) is 5.69 Å². The largest absolute Gasteiger partial charge is 0.477 e. The van der Waals surface area contributed by atoms with E-state index in [1.807, 2.05) is 13.8 Å². The van der Waals surface area contributed by atoms with E-state index >= 15 is 0 Å². The predicted octanol–water partition coefficient (Wildman–Crippen LogP) is 4.89. The number of carbonyl (C=O) groups is 2. The zero-order valence-corrected chi connectivity index (χ0v) is 20.1. The lowest BCUT2D eigenvalue weighted by molar-refractivity contribution is -0.124. The second kappa shape index (κ2) is 11.3. The summed E-state index contributed by atoms with van der Waals surface area (Å²) >= 11 is 1.15. The molecule has 0 spiro atoms. The van der Waals surface area contributed by atoms with Crippen molar-refractivity contribution in [3.05, 3.63) is 15.8 Å². The molecule has 1 aromatic rings. The van der Waals surface area contributed by atoms with Crippen molar-refractivity contribution in [2.75, 3.05) is 11.7 Å². The molecular weight excluding hydrogens is 426 g/mol. The van der Waals surface area contributed by atoms with Gasteiger partial charge in [-0.2, -0.15) is 0 Å². The minimum absolute atomic E-state index is 0.0161. The van der Waals surface area contributed by atoms with E-state index in [0.29, 0.717) is 16.5 Å². The first-order chi connectivity index (χ1) is 15.3. The first kappa shape index (κ1) is 24.8. The van der Waals surface area contributed by atoms with Crippen LogP contribution >= 0.6 is 11.3 Å². The second-order valence-corrected chi connectivity index (χ2v) is 10.5. The molecule has 1 amide bonds. The number of carboxylic acid groups (broad SMARTS) is 1. The maximum Gasteiger partial charge on any atom is 0.348 e. The molecule has 7 heteroatoms. The van der Waals surface area contributed by atoms with Gasteiger partial charge in [0.25, 0.3) is 0 Å². The molecule has 3 rings (SSSR count). The molecular formula is C25H35NO5S. The molecule has 2 aliphatic carbocycles. The standard InChI is InChI=1S/C25H35NO5S/c1-16(2)4-13-21-14-22(23(32-21)25(29)30)26(19-9-11-20(12-10-19)31-15-27)24(28)18-7-5-17(3)6-8-18/h14,16-20,27H,5-12,15H2,1-3H3,(H,29,30). The van der Waals surface area contributed by atoms with Gasteiger partial charge in [-0.25, -0.2) is 4.79 Å². The molecule has 176 valence electrons. The molecule has 0 aliphatic heterocycles. The SMILES string of the molecule is CC(C)C#Cc1cc(N(C(=O)C2CCC(C)CC2)C2CCC(OCO)CC2)c(C(=O)O)s1. The van der Waals surface area contributed by atoms with Crippen molar-refractivity contribution in [1.29, 1.82) is 0 Å². The lowest BCUT2D eigenvalue weighted by Gasteiger charge is -2.39. The molecule has 2 fully saturated rings. The van der Waals surface area contributed by atoms with E-state index in [0.717, 1.165) is 62.7 Å². The van der Waals surface area contributed by atoms with Gasteiger partial charge in [0.2, 0.25) is 5.91 Å². The van der Waals surface area contributed by atoms with Crippen LogP contribution in [0.1, 0.15) is 86.7 Å². The molecule has 0 unspecified atom stereocenters. The van der Waals surface area contributed by atoms with Gasteiger partial charge in [-0.1, -0.05) is 32.6 Å². The van der Waals surface area contributed by atoms with E-state index in [-0.39, 0.29) is 41.6 Å². The highest BCUT2D eigenvalue weighted by molar-refractivity contribution is 7.15. The molecule has 32 heavy (non-hydrogen) atoms. The number of nitrogens with zero attached hydrogens (tertiary/aromatic N) is 1. The normalized spacial score (nSPS) is 25.8. The summed E-state index contributed by atoms with van der Waals surface area (Å²) in [6.07, 6.45) is 6.68. The Morgan fingerprint density at radius 3 is 2.38 bits per heavy atom. The zero-order chi connectivity index (χ0) is 23.3. The van der Waals surface area contributed by atoms with Crippen LogP contribution in [0.25, 0.3) is 0 Å². The number of anilines is 1. The maximum atomic E-state index is 13.8. The highest BCUT2D eigenvalue weighted by Crippen LogP contribution is 2.39. The van der Waals surface area contributed by atoms with Gasteiger partial charge >= 0.3 is 5.97 Å². The Kier molecular flexibility index (Phi) is 8.75. The minimum Gasteiger partial charge on any atom is -0.477 e. The number of rotatable bonds is 6. The van der Waals surface area contributed by atoms with Crippen LogP contribution < -0.4 is 4.90 Å². The molecule has 0 atom stereocenters. The van der Waals surface area contributed by atoms with Crippen LogP contribution in [0.15, 0.2) is 6.07 Å². The Morgan fingerprint density at radius 2 is 1.81 bits per heavy atom. The van der Waals surface area contributed by atoms with E-state index in [9.17, 15) is 14.7 Å². The van der Waals surface area contributed by atoms with Crippen LogP contribution in [-0.2, 0) is 9.53 Å². The van der Waals surface area contributed by atoms with Gasteiger partial charge in [0.15, 0.2) is 0 Å². The smallest absolute Gasteiger partial charge is 0.348 e. The summed E-state index contributed by atoms with van der Waals surface area (Å²) in [6.45, 7) is 5.91. The molecule has 0 aromatic carbocycles. The van der Waals surface area contributed by atoms with Gasteiger partial charge in [-0.05, 0) is 63.4 Å². The fraction of sp³-hybridized carbons (Fsp3) is 0.680. The summed E-state index contributed by atoms with van der Waals surface area (Å²) in [5.74, 6) is 5.96. The summed E-state index contributed by atoms with van der Waals surface area (Å²) in [5, 5.41) is 19.0. The van der Waals surface area contributed by atoms with E-state index in [4.69, 9.17) is 9.84 Å². The summed E-state index contributed by atoms with van der Waals surface area (Å²) < 4.78 is 5.37. The summed E-state index contributed by atoms with van der Waals surface area (Å²) in [5.41, 5.74) is 0.491. The number of aliphatic hydroxyl groups is 1. The fourth-order valence-corrected chi connectivity index (χ4v) is 5.61. The number of thiophene rings is 1. The molecule has 1 heterocycles. The molecule has 6 nitrogen and oxygen atoms in total. The average molecular weight is 462 g/mol. The Bertz CT molecular complexity index is 851.